The van der Waals surface area contributed by atoms with Crippen molar-refractivity contribution in [2.75, 3.05) is 6.54 Å². The van der Waals surface area contributed by atoms with Gasteiger partial charge < -0.3 is 5.73 Å². The fourth-order valence-corrected chi connectivity index (χ4v) is 0.703. The third-order valence-electron chi connectivity index (χ3n) is 1.45. The van der Waals surface area contributed by atoms with E-state index in [1.807, 2.05) is 33.8 Å². The molecule has 0 rings (SSSR count). The van der Waals surface area contributed by atoms with Crippen LogP contribution in [0.5, 0.6) is 0 Å². The van der Waals surface area contributed by atoms with Gasteiger partial charge in [-0.25, -0.2) is 0 Å². The van der Waals surface area contributed by atoms with Crippen molar-refractivity contribution in [3.8, 4) is 0 Å². The van der Waals surface area contributed by atoms with E-state index in [1.165, 1.54) is 0 Å². The number of nitrogens with zero attached hydrogens (tertiary/aromatic N) is 1. The molecule has 2 heteroatoms. The zero-order valence-corrected chi connectivity index (χ0v) is 9.89. The van der Waals surface area contributed by atoms with Crippen LogP contribution in [0.2, 0.25) is 0 Å². The van der Waals surface area contributed by atoms with E-state index in [0.717, 1.165) is 18.0 Å². The molecule has 0 aliphatic heterocycles. The van der Waals surface area contributed by atoms with Crippen molar-refractivity contribution in [2.45, 2.75) is 41.5 Å². The summed E-state index contributed by atoms with van der Waals surface area (Å²) in [4.78, 5) is 4.21. The smallest absolute Gasteiger partial charge is 0.0364 e. The van der Waals surface area contributed by atoms with Crippen LogP contribution in [0, 0.1) is 5.92 Å². The molecule has 0 aliphatic rings. The van der Waals surface area contributed by atoms with Crippen LogP contribution >= 0.6 is 0 Å². The maximum atomic E-state index is 5.73. The lowest BCUT2D eigenvalue weighted by Crippen LogP contribution is -2.07. The molecule has 0 saturated carbocycles. The molecule has 0 unspecified atom stereocenters. The largest absolute Gasteiger partial charge is 0.402 e. The van der Waals surface area contributed by atoms with E-state index in [9.17, 15) is 0 Å². The van der Waals surface area contributed by atoms with Crippen LogP contribution in [0.4, 0.5) is 0 Å². The Morgan fingerprint density at radius 1 is 1.38 bits per heavy atom. The van der Waals surface area contributed by atoms with E-state index in [2.05, 4.69) is 18.8 Å². The fraction of sp³-hybridized carbons (Fsp3) is 0.727. The third-order valence-corrected chi connectivity index (χ3v) is 1.45. The van der Waals surface area contributed by atoms with Crippen molar-refractivity contribution in [1.29, 1.82) is 0 Å². The van der Waals surface area contributed by atoms with Crippen molar-refractivity contribution in [3.63, 3.8) is 0 Å². The van der Waals surface area contributed by atoms with E-state index in [1.54, 1.807) is 0 Å². The topological polar surface area (TPSA) is 38.4 Å². The predicted molar refractivity (Wildman–Crippen MR) is 62.1 cm³/mol. The lowest BCUT2D eigenvalue weighted by molar-refractivity contribution is 0.758. The Hall–Kier alpha value is -0.790. The Morgan fingerprint density at radius 2 is 1.85 bits per heavy atom. The van der Waals surface area contributed by atoms with E-state index < -0.39 is 0 Å². The highest BCUT2D eigenvalue weighted by molar-refractivity contribution is 5.93. The van der Waals surface area contributed by atoms with Crippen LogP contribution in [0.25, 0.3) is 0 Å². The van der Waals surface area contributed by atoms with Crippen molar-refractivity contribution >= 4 is 5.71 Å². The van der Waals surface area contributed by atoms with Gasteiger partial charge in [-0.05, 0) is 25.8 Å². The summed E-state index contributed by atoms with van der Waals surface area (Å²) in [6, 6.07) is 0. The van der Waals surface area contributed by atoms with Crippen LogP contribution in [0.15, 0.2) is 16.8 Å². The molecule has 0 fully saturated rings. The molecule has 0 bridgehead atoms. The van der Waals surface area contributed by atoms with Gasteiger partial charge in [-0.15, -0.1) is 0 Å². The fourth-order valence-electron chi connectivity index (χ4n) is 0.703. The summed E-state index contributed by atoms with van der Waals surface area (Å²) in [6.45, 7) is 13.0. The minimum Gasteiger partial charge on any atom is -0.402 e. The van der Waals surface area contributed by atoms with Gasteiger partial charge >= 0.3 is 0 Å². The molecule has 0 heterocycles. The Balaban J connectivity index is 0. The van der Waals surface area contributed by atoms with Gasteiger partial charge in [0.05, 0.1) is 0 Å². The van der Waals surface area contributed by atoms with E-state index >= 15 is 0 Å². The number of allylic oxidation sites excluding steroid dienone is 2. The van der Waals surface area contributed by atoms with Gasteiger partial charge in [0, 0.05) is 18.0 Å². The number of hydrogen-bond donors (Lipinski definition) is 1. The van der Waals surface area contributed by atoms with Gasteiger partial charge in [-0.2, -0.15) is 0 Å². The molecule has 0 aromatic rings. The maximum absolute atomic E-state index is 5.73. The minimum absolute atomic E-state index is 0.414. The van der Waals surface area contributed by atoms with Gasteiger partial charge in [0.2, 0.25) is 0 Å². The van der Waals surface area contributed by atoms with E-state index in [4.69, 9.17) is 5.73 Å². The summed E-state index contributed by atoms with van der Waals surface area (Å²) in [5, 5.41) is 0. The molecule has 2 N–H and O–H groups in total. The van der Waals surface area contributed by atoms with Crippen molar-refractivity contribution in [1.82, 2.24) is 0 Å². The van der Waals surface area contributed by atoms with Gasteiger partial charge in [-0.1, -0.05) is 27.7 Å². The standard InChI is InChI=1S/C9H18N2.C2H6/c1-5-11-8(4)6-9(10)7(2)3;1-2/h6-7H,5,10H2,1-4H3;1-2H3/b9-6-,11-8?;. The SMILES string of the molecule is CC.CCN=C(C)/C=C(\N)C(C)C. The van der Waals surface area contributed by atoms with Crippen LogP contribution in [-0.2, 0) is 0 Å². The monoisotopic (exact) mass is 184 g/mol. The second kappa shape index (κ2) is 9.30. The van der Waals surface area contributed by atoms with Crippen LogP contribution in [-0.4, -0.2) is 12.3 Å². The summed E-state index contributed by atoms with van der Waals surface area (Å²) < 4.78 is 0. The minimum atomic E-state index is 0.414. The molecule has 0 atom stereocenters. The molecule has 78 valence electrons. The first kappa shape index (κ1) is 14.7. The Bertz CT molecular complexity index is 167. The zero-order chi connectivity index (χ0) is 10.9. The second-order valence-corrected chi connectivity index (χ2v) is 2.91. The number of hydrogen-bond acceptors (Lipinski definition) is 2. The molecule has 0 aromatic carbocycles. The van der Waals surface area contributed by atoms with Crippen LogP contribution in [0.1, 0.15) is 41.5 Å². The first-order chi connectivity index (χ1) is 6.07. The average Bonchev–Trinajstić information content (AvgIpc) is 2.08. The van der Waals surface area contributed by atoms with Crippen molar-refractivity contribution in [3.05, 3.63) is 11.8 Å². The van der Waals surface area contributed by atoms with Gasteiger partial charge in [0.15, 0.2) is 0 Å². The summed E-state index contributed by atoms with van der Waals surface area (Å²) >= 11 is 0. The van der Waals surface area contributed by atoms with Gasteiger partial charge in [0.1, 0.15) is 0 Å². The van der Waals surface area contributed by atoms with Crippen molar-refractivity contribution in [2.24, 2.45) is 16.6 Å². The highest BCUT2D eigenvalue weighted by Crippen LogP contribution is 2.01. The predicted octanol–water partition coefficient (Wildman–Crippen LogP) is 2.99. The second-order valence-electron chi connectivity index (χ2n) is 2.91. The zero-order valence-electron chi connectivity index (χ0n) is 9.89. The summed E-state index contributed by atoms with van der Waals surface area (Å²) in [7, 11) is 0. The molecule has 0 spiro atoms. The van der Waals surface area contributed by atoms with Crippen LogP contribution in [0.3, 0.4) is 0 Å². The quantitative estimate of drug-likeness (QED) is 0.673. The van der Waals surface area contributed by atoms with Crippen LogP contribution < -0.4 is 5.73 Å². The average molecular weight is 184 g/mol. The molecular weight excluding hydrogens is 160 g/mol. The molecular formula is C11H24N2. The van der Waals surface area contributed by atoms with E-state index in [0.29, 0.717) is 5.92 Å². The molecule has 13 heavy (non-hydrogen) atoms. The first-order valence-corrected chi connectivity index (χ1v) is 5.06. The number of aliphatic imine (C=N–C) groups is 1. The Kier molecular flexibility index (Phi) is 10.5. The van der Waals surface area contributed by atoms with Gasteiger partial charge in [-0.3, -0.25) is 4.99 Å². The number of nitrogens with two attached hydrogens (primary N) is 1. The summed E-state index contributed by atoms with van der Waals surface area (Å²) in [5.74, 6) is 0.414. The molecule has 0 aliphatic carbocycles. The number of rotatable bonds is 3. The maximum Gasteiger partial charge on any atom is 0.0364 e. The highest BCUT2D eigenvalue weighted by Gasteiger charge is 1.96. The molecule has 0 amide bonds. The lowest BCUT2D eigenvalue weighted by Gasteiger charge is -2.03. The molecule has 0 radical (unpaired) electrons. The third kappa shape index (κ3) is 9.12. The highest BCUT2D eigenvalue weighted by atomic mass is 14.7. The first-order valence-electron chi connectivity index (χ1n) is 5.06. The lowest BCUT2D eigenvalue weighted by atomic mass is 10.1. The molecule has 0 aromatic heterocycles. The molecule has 2 nitrogen and oxygen atoms in total. The summed E-state index contributed by atoms with van der Waals surface area (Å²) in [5.41, 5.74) is 7.64. The molecule has 0 saturated heterocycles. The Labute approximate surface area is 82.9 Å². The van der Waals surface area contributed by atoms with E-state index in [-0.39, 0.29) is 0 Å². The van der Waals surface area contributed by atoms with Crippen molar-refractivity contribution < 1.29 is 0 Å². The Morgan fingerprint density at radius 3 is 2.15 bits per heavy atom. The summed E-state index contributed by atoms with van der Waals surface area (Å²) in [6.07, 6.45) is 1.94. The normalized spacial score (nSPS) is 12.5. The van der Waals surface area contributed by atoms with Gasteiger partial charge in [0.25, 0.3) is 0 Å².